The molecule has 0 spiro atoms. The molecule has 238 valence electrons. The maximum absolute atomic E-state index is 6.49. The van der Waals surface area contributed by atoms with Gasteiger partial charge >= 0.3 is 0 Å². The quantitative estimate of drug-likeness (QED) is 0.185. The van der Waals surface area contributed by atoms with E-state index in [1.165, 1.54) is 0 Å². The average Bonchev–Trinajstić information content (AvgIpc) is 3.91. The molecule has 7 heteroatoms. The highest BCUT2D eigenvalue weighted by Gasteiger charge is 2.21. The summed E-state index contributed by atoms with van der Waals surface area (Å²) in [7, 11) is 0. The summed E-state index contributed by atoms with van der Waals surface area (Å²) in [5, 5.41) is 7.28. The van der Waals surface area contributed by atoms with Gasteiger partial charge in [0, 0.05) is 38.4 Å². The van der Waals surface area contributed by atoms with E-state index in [2.05, 4.69) is 66.7 Å². The van der Waals surface area contributed by atoms with Crippen molar-refractivity contribution in [3.05, 3.63) is 146 Å². The molecule has 11 aromatic rings. The topological polar surface area (TPSA) is 77.8 Å². The fraction of sp³-hybridized carbons (Fsp3) is 0. The van der Waals surface area contributed by atoms with Crippen LogP contribution in [-0.2, 0) is 0 Å². The standard InChI is InChI=1S/C44H24N4O2S/c1-2-10-26(11-3-1)41-46-42(28-18-17-25-9-4-5-12-27(25)23-28)48-43(47-41)31-14-8-16-35-38(31)39-36(50-35)21-22-37-40(39)45-44(51-37)29-19-20-34-32(24-29)30-13-6-7-15-33(30)49-34/h1-24H. The normalized spacial score (nSPS) is 11.9. The zero-order valence-electron chi connectivity index (χ0n) is 26.9. The minimum Gasteiger partial charge on any atom is -0.456 e. The van der Waals surface area contributed by atoms with Crippen LogP contribution in [-0.4, -0.2) is 19.9 Å². The Labute approximate surface area is 294 Å². The Bertz CT molecular complexity index is 3160. The van der Waals surface area contributed by atoms with Gasteiger partial charge in [0.25, 0.3) is 0 Å². The van der Waals surface area contributed by atoms with Crippen molar-refractivity contribution in [1.82, 2.24) is 19.9 Å². The van der Waals surface area contributed by atoms with Crippen LogP contribution >= 0.6 is 11.3 Å². The predicted molar refractivity (Wildman–Crippen MR) is 207 cm³/mol. The average molecular weight is 673 g/mol. The lowest BCUT2D eigenvalue weighted by Crippen LogP contribution is -2.00. The first-order chi connectivity index (χ1) is 25.2. The number of hydrogen-bond donors (Lipinski definition) is 0. The molecular weight excluding hydrogens is 649 g/mol. The molecule has 6 nitrogen and oxygen atoms in total. The maximum atomic E-state index is 6.49. The number of thiazole rings is 1. The van der Waals surface area contributed by atoms with Crippen molar-refractivity contribution in [3.8, 4) is 44.7 Å². The second-order valence-electron chi connectivity index (χ2n) is 12.6. The Morgan fingerprint density at radius 3 is 2.02 bits per heavy atom. The molecule has 0 bridgehead atoms. The molecular formula is C44H24N4O2S. The summed E-state index contributed by atoms with van der Waals surface area (Å²) in [6.45, 7) is 0. The van der Waals surface area contributed by atoms with E-state index < -0.39 is 0 Å². The van der Waals surface area contributed by atoms with Crippen LogP contribution in [0.5, 0.6) is 0 Å². The number of fused-ring (bicyclic) bond motifs is 9. The summed E-state index contributed by atoms with van der Waals surface area (Å²) < 4.78 is 13.7. The van der Waals surface area contributed by atoms with Crippen LogP contribution in [0.15, 0.2) is 154 Å². The summed E-state index contributed by atoms with van der Waals surface area (Å²) in [6.07, 6.45) is 0. The molecule has 0 amide bonds. The monoisotopic (exact) mass is 672 g/mol. The number of hydrogen-bond acceptors (Lipinski definition) is 7. The lowest BCUT2D eigenvalue weighted by Gasteiger charge is -2.10. The molecule has 11 rings (SSSR count). The molecule has 0 aliphatic heterocycles. The van der Waals surface area contributed by atoms with Crippen molar-refractivity contribution in [3.63, 3.8) is 0 Å². The van der Waals surface area contributed by atoms with Gasteiger partial charge in [-0.1, -0.05) is 97.1 Å². The summed E-state index contributed by atoms with van der Waals surface area (Å²) in [5.41, 5.74) is 7.91. The Kier molecular flexibility index (Phi) is 6.02. The van der Waals surface area contributed by atoms with Crippen molar-refractivity contribution in [2.24, 2.45) is 0 Å². The number of furan rings is 2. The number of benzene rings is 7. The molecule has 4 heterocycles. The smallest absolute Gasteiger partial charge is 0.164 e. The summed E-state index contributed by atoms with van der Waals surface area (Å²) in [4.78, 5) is 20.5. The van der Waals surface area contributed by atoms with Gasteiger partial charge in [-0.15, -0.1) is 11.3 Å². The summed E-state index contributed by atoms with van der Waals surface area (Å²) in [5.74, 6) is 1.79. The van der Waals surface area contributed by atoms with E-state index in [-0.39, 0.29) is 0 Å². The predicted octanol–water partition coefficient (Wildman–Crippen LogP) is 12.1. The molecule has 0 N–H and O–H groups in total. The number of para-hydroxylation sites is 1. The van der Waals surface area contributed by atoms with Gasteiger partial charge in [-0.25, -0.2) is 19.9 Å². The zero-order chi connectivity index (χ0) is 33.5. The van der Waals surface area contributed by atoms with Gasteiger partial charge in [-0.05, 0) is 59.3 Å². The van der Waals surface area contributed by atoms with E-state index in [1.807, 2.05) is 78.9 Å². The first-order valence-electron chi connectivity index (χ1n) is 16.7. The van der Waals surface area contributed by atoms with E-state index in [4.69, 9.17) is 28.8 Å². The van der Waals surface area contributed by atoms with Crippen LogP contribution in [0, 0.1) is 0 Å². The molecule has 0 saturated heterocycles. The molecule has 7 aromatic carbocycles. The maximum Gasteiger partial charge on any atom is 0.164 e. The first-order valence-corrected chi connectivity index (χ1v) is 17.5. The van der Waals surface area contributed by atoms with Gasteiger partial charge in [0.05, 0.1) is 15.6 Å². The minimum atomic E-state index is 0.574. The highest BCUT2D eigenvalue weighted by atomic mass is 32.1. The van der Waals surface area contributed by atoms with Gasteiger partial charge in [0.15, 0.2) is 17.5 Å². The third-order valence-corrected chi connectivity index (χ3v) is 10.6. The second-order valence-corrected chi connectivity index (χ2v) is 13.7. The van der Waals surface area contributed by atoms with Crippen LogP contribution < -0.4 is 0 Å². The fourth-order valence-corrected chi connectivity index (χ4v) is 8.10. The molecule has 0 radical (unpaired) electrons. The van der Waals surface area contributed by atoms with Crippen molar-refractivity contribution in [2.75, 3.05) is 0 Å². The van der Waals surface area contributed by atoms with Crippen LogP contribution in [0.2, 0.25) is 0 Å². The third-order valence-electron chi connectivity index (χ3n) is 9.56. The van der Waals surface area contributed by atoms with E-state index in [0.29, 0.717) is 17.5 Å². The number of aromatic nitrogens is 4. The Morgan fingerprint density at radius 1 is 0.412 bits per heavy atom. The molecule has 0 saturated carbocycles. The van der Waals surface area contributed by atoms with Crippen molar-refractivity contribution < 1.29 is 8.83 Å². The fourth-order valence-electron chi connectivity index (χ4n) is 7.13. The van der Waals surface area contributed by atoms with Gasteiger partial charge in [-0.2, -0.15) is 0 Å². The van der Waals surface area contributed by atoms with Gasteiger partial charge in [0.2, 0.25) is 0 Å². The number of rotatable bonds is 4. The molecule has 0 aliphatic carbocycles. The molecule has 0 unspecified atom stereocenters. The third kappa shape index (κ3) is 4.49. The van der Waals surface area contributed by atoms with E-state index in [9.17, 15) is 0 Å². The van der Waals surface area contributed by atoms with E-state index >= 15 is 0 Å². The van der Waals surface area contributed by atoms with E-state index in [0.717, 1.165) is 92.1 Å². The first kappa shape index (κ1) is 28.2. The van der Waals surface area contributed by atoms with Crippen LogP contribution in [0.25, 0.3) is 110 Å². The number of nitrogens with zero attached hydrogens (tertiary/aromatic N) is 4. The Morgan fingerprint density at radius 2 is 1.10 bits per heavy atom. The highest BCUT2D eigenvalue weighted by Crippen LogP contribution is 2.43. The van der Waals surface area contributed by atoms with Crippen LogP contribution in [0.4, 0.5) is 0 Å². The largest absolute Gasteiger partial charge is 0.456 e. The highest BCUT2D eigenvalue weighted by molar-refractivity contribution is 7.21. The van der Waals surface area contributed by atoms with Crippen LogP contribution in [0.3, 0.4) is 0 Å². The van der Waals surface area contributed by atoms with Gasteiger partial charge < -0.3 is 8.83 Å². The molecule has 4 aromatic heterocycles. The van der Waals surface area contributed by atoms with E-state index in [1.54, 1.807) is 11.3 Å². The molecule has 0 fully saturated rings. The summed E-state index contributed by atoms with van der Waals surface area (Å²) >= 11 is 1.67. The van der Waals surface area contributed by atoms with Crippen molar-refractivity contribution >= 4 is 76.2 Å². The molecule has 0 aliphatic rings. The van der Waals surface area contributed by atoms with Gasteiger partial charge in [-0.3, -0.25) is 0 Å². The Hall–Kier alpha value is -6.70. The Balaban J connectivity index is 1.13. The van der Waals surface area contributed by atoms with Crippen molar-refractivity contribution in [1.29, 1.82) is 0 Å². The lowest BCUT2D eigenvalue weighted by molar-refractivity contribution is 0.668. The van der Waals surface area contributed by atoms with Crippen molar-refractivity contribution in [2.45, 2.75) is 0 Å². The lowest BCUT2D eigenvalue weighted by atomic mass is 10.0. The SMILES string of the molecule is c1ccc(-c2nc(-c3ccc4ccccc4c3)nc(-c3cccc4oc5ccc6sc(-c7ccc8oc9ccccc9c8c7)nc6c5c34)n2)cc1. The molecule has 51 heavy (non-hydrogen) atoms. The van der Waals surface area contributed by atoms with Crippen LogP contribution in [0.1, 0.15) is 0 Å². The second kappa shape index (κ2) is 10.9. The zero-order valence-corrected chi connectivity index (χ0v) is 27.7. The summed E-state index contributed by atoms with van der Waals surface area (Å²) in [6, 6.07) is 49.4. The minimum absolute atomic E-state index is 0.574. The molecule has 0 atom stereocenters. The van der Waals surface area contributed by atoms with Gasteiger partial charge in [0.1, 0.15) is 27.3 Å².